The zero-order chi connectivity index (χ0) is 16.8. The number of aliphatic carboxylic acids is 1. The molecule has 1 unspecified atom stereocenters. The van der Waals surface area contributed by atoms with Gasteiger partial charge in [-0.25, -0.2) is 9.97 Å². The van der Waals surface area contributed by atoms with Crippen LogP contribution in [-0.2, 0) is 11.3 Å². The summed E-state index contributed by atoms with van der Waals surface area (Å²) in [5.41, 5.74) is 2.10. The molecule has 1 aromatic heterocycles. The molecule has 2 heterocycles. The van der Waals surface area contributed by atoms with E-state index in [0.29, 0.717) is 6.04 Å². The Labute approximate surface area is 142 Å². The van der Waals surface area contributed by atoms with Crippen LogP contribution in [0.5, 0.6) is 0 Å². The second-order valence-electron chi connectivity index (χ2n) is 6.33. The molecule has 1 aromatic carbocycles. The van der Waals surface area contributed by atoms with Gasteiger partial charge in [0.15, 0.2) is 5.82 Å². The number of nitrogens with zero attached hydrogens (tertiary/aromatic N) is 3. The van der Waals surface area contributed by atoms with Crippen molar-refractivity contribution in [3.05, 3.63) is 48.3 Å². The van der Waals surface area contributed by atoms with Gasteiger partial charge in [0.1, 0.15) is 0 Å². The van der Waals surface area contributed by atoms with Gasteiger partial charge >= 0.3 is 5.97 Å². The second kappa shape index (κ2) is 8.02. The van der Waals surface area contributed by atoms with E-state index in [0.717, 1.165) is 42.9 Å². The van der Waals surface area contributed by atoms with Crippen molar-refractivity contribution in [1.82, 2.24) is 14.9 Å². The van der Waals surface area contributed by atoms with Crippen LogP contribution in [0.15, 0.2) is 42.7 Å². The maximum absolute atomic E-state index is 10.8. The second-order valence-corrected chi connectivity index (χ2v) is 6.33. The molecule has 1 aliphatic heterocycles. The van der Waals surface area contributed by atoms with Crippen molar-refractivity contribution in [3.8, 4) is 11.4 Å². The summed E-state index contributed by atoms with van der Waals surface area (Å²) in [6.07, 6.45) is 8.17. The Balaban J connectivity index is 1.64. The van der Waals surface area contributed by atoms with E-state index in [-0.39, 0.29) is 6.42 Å². The molecular weight excluding hydrogens is 302 g/mol. The third-order valence-electron chi connectivity index (χ3n) is 4.56. The molecule has 0 aliphatic carbocycles. The van der Waals surface area contributed by atoms with Crippen LogP contribution in [0.1, 0.15) is 37.7 Å². The van der Waals surface area contributed by atoms with Crippen LogP contribution in [0.4, 0.5) is 0 Å². The molecule has 1 N–H and O–H groups in total. The predicted molar refractivity (Wildman–Crippen MR) is 92.4 cm³/mol. The van der Waals surface area contributed by atoms with Crippen LogP contribution in [0.2, 0.25) is 0 Å². The zero-order valence-corrected chi connectivity index (χ0v) is 13.8. The van der Waals surface area contributed by atoms with E-state index in [2.05, 4.69) is 14.9 Å². The summed E-state index contributed by atoms with van der Waals surface area (Å²) >= 11 is 0. The Kier molecular flexibility index (Phi) is 5.54. The quantitative estimate of drug-likeness (QED) is 0.882. The first kappa shape index (κ1) is 16.6. The van der Waals surface area contributed by atoms with Gasteiger partial charge in [-0.15, -0.1) is 0 Å². The van der Waals surface area contributed by atoms with E-state index in [1.165, 1.54) is 12.8 Å². The lowest BCUT2D eigenvalue weighted by Crippen LogP contribution is -2.39. The molecule has 5 heteroatoms. The van der Waals surface area contributed by atoms with E-state index >= 15 is 0 Å². The molecule has 2 aromatic rings. The number of likely N-dealkylation sites (tertiary alicyclic amines) is 1. The van der Waals surface area contributed by atoms with Crippen molar-refractivity contribution in [1.29, 1.82) is 0 Å². The normalized spacial score (nSPS) is 18.4. The largest absolute Gasteiger partial charge is 0.481 e. The summed E-state index contributed by atoms with van der Waals surface area (Å²) in [6, 6.07) is 10.3. The Hall–Kier alpha value is -2.27. The van der Waals surface area contributed by atoms with Gasteiger partial charge in [0.25, 0.3) is 0 Å². The van der Waals surface area contributed by atoms with Gasteiger partial charge < -0.3 is 5.11 Å². The fraction of sp³-hybridized carbons (Fsp3) is 0.421. The highest BCUT2D eigenvalue weighted by molar-refractivity contribution is 5.66. The van der Waals surface area contributed by atoms with Crippen molar-refractivity contribution in [3.63, 3.8) is 0 Å². The first-order valence-corrected chi connectivity index (χ1v) is 8.54. The summed E-state index contributed by atoms with van der Waals surface area (Å²) < 4.78 is 0. The average Bonchev–Trinajstić information content (AvgIpc) is 2.62. The summed E-state index contributed by atoms with van der Waals surface area (Å²) in [5, 5.41) is 8.92. The third kappa shape index (κ3) is 4.38. The molecule has 1 fully saturated rings. The van der Waals surface area contributed by atoms with Crippen molar-refractivity contribution < 1.29 is 9.90 Å². The molecule has 5 nitrogen and oxygen atoms in total. The van der Waals surface area contributed by atoms with Gasteiger partial charge in [-0.05, 0) is 25.8 Å². The monoisotopic (exact) mass is 325 g/mol. The molecule has 0 amide bonds. The molecule has 0 radical (unpaired) electrons. The Morgan fingerprint density at radius 1 is 1.17 bits per heavy atom. The summed E-state index contributed by atoms with van der Waals surface area (Å²) in [7, 11) is 0. The maximum Gasteiger partial charge on any atom is 0.303 e. The van der Waals surface area contributed by atoms with E-state index in [9.17, 15) is 4.79 Å². The number of piperidine rings is 1. The molecular formula is C19H23N3O2. The van der Waals surface area contributed by atoms with Gasteiger partial charge in [-0.3, -0.25) is 9.69 Å². The first-order valence-electron chi connectivity index (χ1n) is 8.54. The summed E-state index contributed by atoms with van der Waals surface area (Å²) in [5.74, 6) is 0.0245. The molecule has 0 bridgehead atoms. The number of benzene rings is 1. The Morgan fingerprint density at radius 2 is 1.92 bits per heavy atom. The number of carbonyl (C=O) groups is 1. The third-order valence-corrected chi connectivity index (χ3v) is 4.56. The van der Waals surface area contributed by atoms with E-state index in [4.69, 9.17) is 5.11 Å². The highest BCUT2D eigenvalue weighted by Gasteiger charge is 2.23. The van der Waals surface area contributed by atoms with Gasteiger partial charge in [0, 0.05) is 42.5 Å². The molecule has 1 saturated heterocycles. The SMILES string of the molecule is O=C(O)CCC1CCCCN1Cc1cnc(-c2ccccc2)nc1. The molecule has 0 saturated carbocycles. The van der Waals surface area contributed by atoms with Crippen molar-refractivity contribution in [2.24, 2.45) is 0 Å². The predicted octanol–water partition coefficient (Wildman–Crippen LogP) is 3.36. The van der Waals surface area contributed by atoms with E-state index in [1.54, 1.807) is 0 Å². The minimum Gasteiger partial charge on any atom is -0.481 e. The summed E-state index contributed by atoms with van der Waals surface area (Å²) in [4.78, 5) is 22.2. The van der Waals surface area contributed by atoms with Gasteiger partial charge in [-0.2, -0.15) is 0 Å². The van der Waals surface area contributed by atoms with Crippen molar-refractivity contribution in [2.45, 2.75) is 44.7 Å². The number of hydrogen-bond donors (Lipinski definition) is 1. The zero-order valence-electron chi connectivity index (χ0n) is 13.8. The lowest BCUT2D eigenvalue weighted by molar-refractivity contribution is -0.137. The molecule has 1 aliphatic rings. The number of rotatable bonds is 6. The van der Waals surface area contributed by atoms with E-state index < -0.39 is 5.97 Å². The number of carboxylic acids is 1. The molecule has 0 spiro atoms. The highest BCUT2D eigenvalue weighted by Crippen LogP contribution is 2.23. The first-order chi connectivity index (χ1) is 11.7. The molecule has 126 valence electrons. The number of hydrogen-bond acceptors (Lipinski definition) is 4. The topological polar surface area (TPSA) is 66.3 Å². The minimum atomic E-state index is -0.712. The van der Waals surface area contributed by atoms with Crippen molar-refractivity contribution in [2.75, 3.05) is 6.54 Å². The van der Waals surface area contributed by atoms with Gasteiger partial charge in [0.05, 0.1) is 0 Å². The van der Waals surface area contributed by atoms with Crippen LogP contribution in [-0.4, -0.2) is 38.5 Å². The molecule has 3 rings (SSSR count). The van der Waals surface area contributed by atoms with Gasteiger partial charge in [-0.1, -0.05) is 36.8 Å². The Bertz CT molecular complexity index is 658. The number of carboxylic acid groups (broad SMARTS) is 1. The summed E-state index contributed by atoms with van der Waals surface area (Å²) in [6.45, 7) is 1.81. The van der Waals surface area contributed by atoms with Crippen molar-refractivity contribution >= 4 is 5.97 Å². The standard InChI is InChI=1S/C19H23N3O2/c23-18(24)10-9-17-8-4-5-11-22(17)14-15-12-20-19(21-13-15)16-6-2-1-3-7-16/h1-3,6-7,12-13,17H,4-5,8-11,14H2,(H,23,24). The van der Waals surface area contributed by atoms with Crippen LogP contribution in [0, 0.1) is 0 Å². The van der Waals surface area contributed by atoms with Crippen LogP contribution in [0.3, 0.4) is 0 Å². The van der Waals surface area contributed by atoms with Crippen LogP contribution in [0.25, 0.3) is 11.4 Å². The molecule has 1 atom stereocenters. The fourth-order valence-corrected chi connectivity index (χ4v) is 3.29. The fourth-order valence-electron chi connectivity index (χ4n) is 3.29. The number of aromatic nitrogens is 2. The average molecular weight is 325 g/mol. The highest BCUT2D eigenvalue weighted by atomic mass is 16.4. The molecule has 24 heavy (non-hydrogen) atoms. The van der Waals surface area contributed by atoms with Gasteiger partial charge in [0.2, 0.25) is 0 Å². The lowest BCUT2D eigenvalue weighted by atomic mass is 9.97. The van der Waals surface area contributed by atoms with Crippen LogP contribution < -0.4 is 0 Å². The Morgan fingerprint density at radius 3 is 2.62 bits per heavy atom. The smallest absolute Gasteiger partial charge is 0.303 e. The minimum absolute atomic E-state index is 0.241. The van der Waals surface area contributed by atoms with Crippen LogP contribution >= 0.6 is 0 Å². The lowest BCUT2D eigenvalue weighted by Gasteiger charge is -2.35. The maximum atomic E-state index is 10.8. The van der Waals surface area contributed by atoms with E-state index in [1.807, 2.05) is 42.7 Å².